The van der Waals surface area contributed by atoms with E-state index in [-0.39, 0.29) is 0 Å². The Hall–Kier alpha value is -1.31. The fourth-order valence-corrected chi connectivity index (χ4v) is 22.1. The van der Waals surface area contributed by atoms with Crippen LogP contribution in [0, 0.1) is 5.92 Å². The maximum absolute atomic E-state index is 2.68. The minimum absolute atomic E-state index is 0.398. The van der Waals surface area contributed by atoms with Gasteiger partial charge in [-0.05, 0) is 151 Å². The van der Waals surface area contributed by atoms with Crippen LogP contribution in [-0.2, 0) is 37.2 Å². The maximum atomic E-state index is 2.68. The number of thiophene rings is 5. The molecular formula is C60H72S10. The summed E-state index contributed by atoms with van der Waals surface area (Å²) >= 11 is 20.5. The predicted molar refractivity (Wildman–Crippen MR) is 329 cm³/mol. The number of aryl methyl sites for hydroxylation is 4. The van der Waals surface area contributed by atoms with Crippen molar-refractivity contribution >= 4 is 127 Å². The van der Waals surface area contributed by atoms with Crippen molar-refractivity contribution < 1.29 is 0 Å². The molecule has 6 aromatic rings. The molecule has 2 atom stereocenters. The van der Waals surface area contributed by atoms with Gasteiger partial charge in [-0.3, -0.25) is 0 Å². The number of rotatable bonds is 30. The molecule has 9 rings (SSSR count). The smallest absolute Gasteiger partial charge is 0.0654 e. The Morgan fingerprint density at radius 1 is 0.471 bits per heavy atom. The fraction of sp³-hybridized carbons (Fsp3) is 0.467. The van der Waals surface area contributed by atoms with E-state index in [9.17, 15) is 0 Å². The molecular weight excluding hydrogens is 1040 g/mol. The summed E-state index contributed by atoms with van der Waals surface area (Å²) in [5.74, 6) is 2.48. The van der Waals surface area contributed by atoms with Crippen molar-refractivity contribution in [2.45, 2.75) is 181 Å². The fourth-order valence-electron chi connectivity index (χ4n) is 9.94. The average Bonchev–Trinajstić information content (AvgIpc) is 4.23. The molecule has 3 aliphatic rings. The van der Waals surface area contributed by atoms with Crippen molar-refractivity contribution in [1.29, 1.82) is 0 Å². The average molecular weight is 1110 g/mol. The highest BCUT2D eigenvalue weighted by Gasteiger charge is 2.42. The van der Waals surface area contributed by atoms with Crippen molar-refractivity contribution in [3.8, 4) is 10.4 Å². The van der Waals surface area contributed by atoms with Crippen LogP contribution in [0.5, 0.6) is 0 Å². The van der Waals surface area contributed by atoms with Gasteiger partial charge in [-0.25, -0.2) is 0 Å². The zero-order valence-electron chi connectivity index (χ0n) is 41.9. The number of thioether (sulfide) groups is 5. The summed E-state index contributed by atoms with van der Waals surface area (Å²) in [6.45, 7) is 9.25. The van der Waals surface area contributed by atoms with Crippen LogP contribution in [0.1, 0.15) is 187 Å². The lowest BCUT2D eigenvalue weighted by molar-refractivity contribution is 0.670. The normalized spacial score (nSPS) is 15.6. The van der Waals surface area contributed by atoms with Crippen LogP contribution in [0.15, 0.2) is 100 Å². The molecule has 6 heterocycles. The first-order chi connectivity index (χ1) is 34.5. The largest absolute Gasteiger partial charge is 0.145 e. The Balaban J connectivity index is 1.07. The molecule has 0 fully saturated rings. The summed E-state index contributed by atoms with van der Waals surface area (Å²) in [5.41, 5.74) is 10.4. The SMILES string of the molecule is CCCCCCc1ccc(CSC(SCc2ccc(CCCCCC)s2)=C2c3cc4c(cc3C3SC=CC23)C(=C(Sc2ccc(CCCCCC)s2)Sc2ccc(CCCCCC)s2)c2ccsc2-4)s1. The third-order valence-electron chi connectivity index (χ3n) is 13.7. The molecule has 10 heteroatoms. The molecule has 0 radical (unpaired) electrons. The Kier molecular flexibility index (Phi) is 21.0. The van der Waals surface area contributed by atoms with Gasteiger partial charge in [0.15, 0.2) is 0 Å². The second-order valence-electron chi connectivity index (χ2n) is 19.1. The number of hydrogen-bond donors (Lipinski definition) is 0. The third kappa shape index (κ3) is 13.7. The number of unbranched alkanes of at least 4 members (excludes halogenated alkanes) is 12. The highest BCUT2D eigenvalue weighted by molar-refractivity contribution is 8.24. The Labute approximate surface area is 463 Å². The minimum atomic E-state index is 0.398. The van der Waals surface area contributed by atoms with Gasteiger partial charge in [0.25, 0.3) is 0 Å². The van der Waals surface area contributed by atoms with Gasteiger partial charge in [0.2, 0.25) is 0 Å². The van der Waals surface area contributed by atoms with Crippen molar-refractivity contribution in [3.05, 3.63) is 144 Å². The molecule has 0 saturated carbocycles. The van der Waals surface area contributed by atoms with E-state index in [0.29, 0.717) is 11.2 Å². The van der Waals surface area contributed by atoms with E-state index in [4.69, 9.17) is 0 Å². The summed E-state index contributed by atoms with van der Waals surface area (Å²) in [6.07, 6.45) is 28.5. The van der Waals surface area contributed by atoms with Crippen LogP contribution in [0.2, 0.25) is 0 Å². The molecule has 0 saturated heterocycles. The predicted octanol–water partition coefficient (Wildman–Crippen LogP) is 23.2. The second kappa shape index (κ2) is 27.5. The lowest BCUT2D eigenvalue weighted by Crippen LogP contribution is -1.97. The maximum Gasteiger partial charge on any atom is 0.0654 e. The van der Waals surface area contributed by atoms with E-state index in [0.717, 1.165) is 11.5 Å². The summed E-state index contributed by atoms with van der Waals surface area (Å²) in [6, 6.07) is 27.2. The van der Waals surface area contributed by atoms with Gasteiger partial charge in [-0.2, -0.15) is 0 Å². The lowest BCUT2D eigenvalue weighted by Gasteiger charge is -2.16. The molecule has 0 N–H and O–H groups in total. The van der Waals surface area contributed by atoms with Crippen molar-refractivity contribution in [2.75, 3.05) is 0 Å². The van der Waals surface area contributed by atoms with Crippen LogP contribution in [0.25, 0.3) is 21.6 Å². The Bertz CT molecular complexity index is 2580. The van der Waals surface area contributed by atoms with Crippen LogP contribution in [0.4, 0.5) is 0 Å². The standard InChI is InChI=1S/C60H72S10/c1-5-9-13-17-21-41-25-27-45(65-41)39-63-59(64-40-46-28-26-42(66-46)22-18-14-10-6-2)55-47-33-35-61-57(47)51-38-50-52(37-49(51)55)58-48(34-36-62-58)56(50)60(69-53-31-29-43(67-53)23-19-15-11-7-3)70-54-32-30-44(68-54)24-20-16-12-8-4/h25-38,47,57H,5-24,39-40H2,1-4H3. The molecule has 1 aromatic carbocycles. The number of benzene rings is 1. The van der Waals surface area contributed by atoms with Gasteiger partial charge in [0.1, 0.15) is 0 Å². The quantitative estimate of drug-likeness (QED) is 0.0324. The zero-order valence-corrected chi connectivity index (χ0v) is 50.0. The second-order valence-corrected chi connectivity index (χ2v) is 31.0. The lowest BCUT2D eigenvalue weighted by atomic mass is 9.98. The molecule has 0 nitrogen and oxygen atoms in total. The van der Waals surface area contributed by atoms with Crippen LogP contribution in [0.3, 0.4) is 0 Å². The third-order valence-corrected chi connectivity index (χ3v) is 25.9. The summed E-state index contributed by atoms with van der Waals surface area (Å²) in [4.78, 5) is 10.7. The number of allylic oxidation sites excluding steroid dienone is 2. The topological polar surface area (TPSA) is 0 Å². The summed E-state index contributed by atoms with van der Waals surface area (Å²) in [5, 5.41) is 5.19. The van der Waals surface area contributed by atoms with Gasteiger partial charge < -0.3 is 0 Å². The van der Waals surface area contributed by atoms with Crippen LogP contribution >= 0.6 is 115 Å². The number of hydrogen-bond acceptors (Lipinski definition) is 10. The minimum Gasteiger partial charge on any atom is -0.145 e. The zero-order chi connectivity index (χ0) is 48.1. The molecule has 2 aliphatic carbocycles. The first-order valence-corrected chi connectivity index (χ1v) is 35.2. The summed E-state index contributed by atoms with van der Waals surface area (Å²) < 4.78 is 5.82. The molecule has 2 unspecified atom stereocenters. The Morgan fingerprint density at radius 3 is 1.50 bits per heavy atom. The van der Waals surface area contributed by atoms with Gasteiger partial charge >= 0.3 is 0 Å². The highest BCUT2D eigenvalue weighted by atomic mass is 32.2. The van der Waals surface area contributed by atoms with Gasteiger partial charge in [0.05, 0.1) is 12.7 Å². The van der Waals surface area contributed by atoms with Crippen molar-refractivity contribution in [1.82, 2.24) is 0 Å². The molecule has 372 valence electrons. The molecule has 0 amide bonds. The van der Waals surface area contributed by atoms with Crippen LogP contribution < -0.4 is 0 Å². The number of fused-ring (bicyclic) bond motifs is 6. The van der Waals surface area contributed by atoms with E-state index >= 15 is 0 Å². The van der Waals surface area contributed by atoms with Crippen LogP contribution in [-0.4, -0.2) is 0 Å². The van der Waals surface area contributed by atoms with E-state index in [1.54, 1.807) is 20.9 Å². The first kappa shape index (κ1) is 53.5. The first-order valence-electron chi connectivity index (χ1n) is 26.5. The Morgan fingerprint density at radius 2 is 0.971 bits per heavy atom. The van der Waals surface area contributed by atoms with Gasteiger partial charge in [-0.15, -0.1) is 92.0 Å². The molecule has 1 aliphatic heterocycles. The van der Waals surface area contributed by atoms with E-state index in [1.165, 1.54) is 198 Å². The monoisotopic (exact) mass is 1110 g/mol. The molecule has 0 spiro atoms. The summed E-state index contributed by atoms with van der Waals surface area (Å²) in [7, 11) is 0. The van der Waals surface area contributed by atoms with Crippen molar-refractivity contribution in [2.24, 2.45) is 5.92 Å². The van der Waals surface area contributed by atoms with Gasteiger partial charge in [-0.1, -0.05) is 134 Å². The molecule has 0 bridgehead atoms. The van der Waals surface area contributed by atoms with Gasteiger partial charge in [0, 0.05) is 77.8 Å². The molecule has 70 heavy (non-hydrogen) atoms. The van der Waals surface area contributed by atoms with E-state index in [1.807, 2.05) is 57.5 Å². The van der Waals surface area contributed by atoms with E-state index in [2.05, 4.69) is 169 Å². The highest BCUT2D eigenvalue weighted by Crippen LogP contribution is 2.63. The van der Waals surface area contributed by atoms with E-state index < -0.39 is 0 Å². The van der Waals surface area contributed by atoms with Crippen molar-refractivity contribution in [3.63, 3.8) is 0 Å². The molecule has 5 aromatic heterocycles.